The van der Waals surface area contributed by atoms with Gasteiger partial charge in [0.25, 0.3) is 0 Å². The quantitative estimate of drug-likeness (QED) is 0.916. The van der Waals surface area contributed by atoms with Crippen molar-refractivity contribution < 1.29 is 4.52 Å². The van der Waals surface area contributed by atoms with Crippen LogP contribution in [-0.2, 0) is 6.54 Å². The predicted molar refractivity (Wildman–Crippen MR) is 79.0 cm³/mol. The highest BCUT2D eigenvalue weighted by Crippen LogP contribution is 2.25. The summed E-state index contributed by atoms with van der Waals surface area (Å²) in [6.45, 7) is 8.16. The number of hydrogen-bond donors (Lipinski definition) is 1. The van der Waals surface area contributed by atoms with E-state index in [1.165, 1.54) is 18.7 Å². The van der Waals surface area contributed by atoms with E-state index in [9.17, 15) is 0 Å². The van der Waals surface area contributed by atoms with Crippen molar-refractivity contribution in [3.8, 4) is 0 Å². The van der Waals surface area contributed by atoms with Crippen molar-refractivity contribution in [1.29, 1.82) is 0 Å². The van der Waals surface area contributed by atoms with E-state index >= 15 is 0 Å². The van der Waals surface area contributed by atoms with Crippen LogP contribution in [0.5, 0.6) is 0 Å². The van der Waals surface area contributed by atoms with Gasteiger partial charge in [-0.15, -0.1) is 0 Å². The first-order valence-electron chi connectivity index (χ1n) is 7.73. The number of aryl methyl sites for hydroxylation is 1. The Morgan fingerprint density at radius 2 is 2.29 bits per heavy atom. The maximum absolute atomic E-state index is 5.34. The molecule has 1 aliphatic rings. The molecule has 2 aromatic rings. The van der Waals surface area contributed by atoms with Gasteiger partial charge in [-0.2, -0.15) is 4.98 Å². The van der Waals surface area contributed by atoms with E-state index < -0.39 is 0 Å². The molecule has 114 valence electrons. The van der Waals surface area contributed by atoms with Crippen molar-refractivity contribution in [2.24, 2.45) is 0 Å². The summed E-state index contributed by atoms with van der Waals surface area (Å²) in [5, 5.41) is 7.52. The standard InChI is InChI=1S/C15H23N5O/c1-10(2)13-18-15(21-19-13)11(3)17-9-12-5-4-7-20-8-6-16-14(12)20/h6,8,10-12,17H,4-5,7,9H2,1-3H3/t11-,12-/m1/s1. The lowest BCUT2D eigenvalue weighted by atomic mass is 9.98. The third-order valence-corrected chi connectivity index (χ3v) is 4.08. The van der Waals surface area contributed by atoms with Crippen LogP contribution in [0.25, 0.3) is 0 Å². The number of nitrogens with one attached hydrogen (secondary N) is 1. The molecule has 0 spiro atoms. The van der Waals surface area contributed by atoms with E-state index in [4.69, 9.17) is 4.52 Å². The molecule has 2 aromatic heterocycles. The molecule has 0 saturated carbocycles. The highest BCUT2D eigenvalue weighted by molar-refractivity contribution is 5.05. The molecular weight excluding hydrogens is 266 g/mol. The maximum atomic E-state index is 5.34. The van der Waals surface area contributed by atoms with Crippen LogP contribution in [0.3, 0.4) is 0 Å². The Balaban J connectivity index is 1.60. The summed E-state index contributed by atoms with van der Waals surface area (Å²) in [7, 11) is 0. The zero-order valence-electron chi connectivity index (χ0n) is 12.9. The molecule has 0 amide bonds. The van der Waals surface area contributed by atoms with Crippen LogP contribution in [0.4, 0.5) is 0 Å². The Bertz CT molecular complexity index is 588. The molecule has 0 saturated heterocycles. The fourth-order valence-electron chi connectivity index (χ4n) is 2.76. The molecule has 21 heavy (non-hydrogen) atoms. The Morgan fingerprint density at radius 3 is 3.05 bits per heavy atom. The maximum Gasteiger partial charge on any atom is 0.243 e. The Hall–Kier alpha value is -1.69. The van der Waals surface area contributed by atoms with E-state index in [-0.39, 0.29) is 6.04 Å². The van der Waals surface area contributed by atoms with Crippen LogP contribution >= 0.6 is 0 Å². The zero-order valence-corrected chi connectivity index (χ0v) is 12.9. The average Bonchev–Trinajstić information content (AvgIpc) is 3.13. The van der Waals surface area contributed by atoms with Gasteiger partial charge in [0.2, 0.25) is 5.89 Å². The van der Waals surface area contributed by atoms with Crippen molar-refractivity contribution in [3.05, 3.63) is 29.9 Å². The fourth-order valence-corrected chi connectivity index (χ4v) is 2.76. The van der Waals surface area contributed by atoms with Crippen LogP contribution in [0, 0.1) is 0 Å². The highest BCUT2D eigenvalue weighted by atomic mass is 16.5. The summed E-state index contributed by atoms with van der Waals surface area (Å²) >= 11 is 0. The fraction of sp³-hybridized carbons (Fsp3) is 0.667. The topological polar surface area (TPSA) is 68.8 Å². The van der Waals surface area contributed by atoms with Crippen molar-refractivity contribution in [2.45, 2.75) is 58.0 Å². The Morgan fingerprint density at radius 1 is 1.43 bits per heavy atom. The lowest BCUT2D eigenvalue weighted by molar-refractivity contribution is 0.325. The van der Waals surface area contributed by atoms with Crippen LogP contribution < -0.4 is 5.32 Å². The molecule has 0 bridgehead atoms. The lowest BCUT2D eigenvalue weighted by Gasteiger charge is -2.24. The predicted octanol–water partition coefficient (Wildman–Crippen LogP) is 2.62. The average molecular weight is 289 g/mol. The number of nitrogens with zero attached hydrogens (tertiary/aromatic N) is 4. The molecule has 0 fully saturated rings. The van der Waals surface area contributed by atoms with Crippen LogP contribution in [0.15, 0.2) is 16.9 Å². The van der Waals surface area contributed by atoms with Gasteiger partial charge in [0.1, 0.15) is 5.82 Å². The van der Waals surface area contributed by atoms with Crippen LogP contribution in [0.2, 0.25) is 0 Å². The lowest BCUT2D eigenvalue weighted by Crippen LogP contribution is -2.28. The van der Waals surface area contributed by atoms with Crippen molar-refractivity contribution >= 4 is 0 Å². The number of hydrogen-bond acceptors (Lipinski definition) is 5. The molecule has 3 heterocycles. The number of imidazole rings is 1. The molecule has 0 aliphatic carbocycles. The third kappa shape index (κ3) is 3.00. The van der Waals surface area contributed by atoms with E-state index in [2.05, 4.69) is 52.0 Å². The van der Waals surface area contributed by atoms with Gasteiger partial charge in [-0.05, 0) is 19.8 Å². The molecule has 3 rings (SSSR count). The third-order valence-electron chi connectivity index (χ3n) is 4.08. The molecule has 6 heteroatoms. The van der Waals surface area contributed by atoms with Gasteiger partial charge in [0.05, 0.1) is 6.04 Å². The second kappa shape index (κ2) is 5.97. The number of rotatable bonds is 5. The van der Waals surface area contributed by atoms with Gasteiger partial charge in [-0.25, -0.2) is 4.98 Å². The van der Waals surface area contributed by atoms with Gasteiger partial charge in [0.15, 0.2) is 5.82 Å². The van der Waals surface area contributed by atoms with E-state index in [1.807, 2.05) is 6.20 Å². The first-order chi connectivity index (χ1) is 10.1. The van der Waals surface area contributed by atoms with Gasteiger partial charge < -0.3 is 14.4 Å². The molecule has 1 aliphatic heterocycles. The Kier molecular flexibility index (Phi) is 4.05. The number of fused-ring (bicyclic) bond motifs is 1. The van der Waals surface area contributed by atoms with E-state index in [0.29, 0.717) is 17.7 Å². The van der Waals surface area contributed by atoms with E-state index in [1.54, 1.807) is 0 Å². The van der Waals surface area contributed by atoms with Crippen molar-refractivity contribution in [2.75, 3.05) is 6.54 Å². The van der Waals surface area contributed by atoms with Crippen molar-refractivity contribution in [1.82, 2.24) is 25.0 Å². The minimum Gasteiger partial charge on any atom is -0.338 e. The molecule has 1 N–H and O–H groups in total. The first kappa shape index (κ1) is 14.3. The monoisotopic (exact) mass is 289 g/mol. The molecule has 0 radical (unpaired) electrons. The summed E-state index contributed by atoms with van der Waals surface area (Å²) in [5.74, 6) is 3.38. The van der Waals surface area contributed by atoms with Gasteiger partial charge >= 0.3 is 0 Å². The smallest absolute Gasteiger partial charge is 0.243 e. The molecular formula is C15H23N5O. The van der Waals surface area contributed by atoms with Crippen molar-refractivity contribution in [3.63, 3.8) is 0 Å². The summed E-state index contributed by atoms with van der Waals surface area (Å²) in [5.41, 5.74) is 0. The summed E-state index contributed by atoms with van der Waals surface area (Å²) in [4.78, 5) is 8.93. The summed E-state index contributed by atoms with van der Waals surface area (Å²) in [6.07, 6.45) is 6.35. The van der Waals surface area contributed by atoms with Gasteiger partial charge in [-0.1, -0.05) is 19.0 Å². The molecule has 0 unspecified atom stereocenters. The molecule has 6 nitrogen and oxygen atoms in total. The SMILES string of the molecule is CC(C)c1noc([C@@H](C)NC[C@H]2CCCn3ccnc32)n1. The van der Waals surface area contributed by atoms with Gasteiger partial charge in [-0.3, -0.25) is 0 Å². The minimum absolute atomic E-state index is 0.0651. The first-order valence-corrected chi connectivity index (χ1v) is 7.73. The van der Waals surface area contributed by atoms with Crippen LogP contribution in [0.1, 0.15) is 69.0 Å². The highest BCUT2D eigenvalue weighted by Gasteiger charge is 2.23. The normalized spacial score (nSPS) is 19.7. The van der Waals surface area contributed by atoms with Gasteiger partial charge in [0, 0.05) is 37.3 Å². The van der Waals surface area contributed by atoms with Crippen LogP contribution in [-0.4, -0.2) is 26.2 Å². The zero-order chi connectivity index (χ0) is 14.8. The largest absolute Gasteiger partial charge is 0.338 e. The Labute approximate surface area is 125 Å². The second-order valence-electron chi connectivity index (χ2n) is 6.09. The minimum atomic E-state index is 0.0651. The summed E-state index contributed by atoms with van der Waals surface area (Å²) in [6, 6.07) is 0.0651. The molecule has 0 aromatic carbocycles. The second-order valence-corrected chi connectivity index (χ2v) is 6.09. The van der Waals surface area contributed by atoms with E-state index in [0.717, 1.165) is 18.9 Å². The number of aromatic nitrogens is 4. The molecule has 2 atom stereocenters. The summed E-state index contributed by atoms with van der Waals surface area (Å²) < 4.78 is 7.59.